The van der Waals surface area contributed by atoms with Gasteiger partial charge < -0.3 is 0 Å². The standard InChI is InChI=1S/C20H17BrCl2F3NS2/c1-18(2,3)28-17-5-4-11(6-15(17)21)16-10-19(29-27-16,20(24,25)26)12-7-13(22)9-14(23)8-12/h4-9H,10H2,1-3H3. The molecule has 0 saturated heterocycles. The molecule has 2 aromatic carbocycles. The lowest BCUT2D eigenvalue weighted by molar-refractivity contribution is -0.159. The first-order valence-corrected chi connectivity index (χ1v) is 11.7. The Morgan fingerprint density at radius 3 is 2.21 bits per heavy atom. The summed E-state index contributed by atoms with van der Waals surface area (Å²) >= 11 is 17.7. The van der Waals surface area contributed by atoms with Crippen LogP contribution in [0.3, 0.4) is 0 Å². The van der Waals surface area contributed by atoms with Crippen molar-refractivity contribution in [2.45, 2.75) is 47.8 Å². The number of thioether (sulfide) groups is 1. The van der Waals surface area contributed by atoms with Gasteiger partial charge >= 0.3 is 6.18 Å². The molecule has 0 fully saturated rings. The highest BCUT2D eigenvalue weighted by atomic mass is 79.9. The number of halogens is 6. The molecule has 0 aromatic heterocycles. The van der Waals surface area contributed by atoms with Gasteiger partial charge in [-0.2, -0.15) is 13.2 Å². The number of alkyl halides is 3. The van der Waals surface area contributed by atoms with E-state index in [0.717, 1.165) is 9.37 Å². The van der Waals surface area contributed by atoms with Crippen molar-refractivity contribution in [3.05, 3.63) is 62.0 Å². The molecule has 9 heteroatoms. The van der Waals surface area contributed by atoms with Gasteiger partial charge in [0, 0.05) is 30.6 Å². The van der Waals surface area contributed by atoms with Crippen LogP contribution in [0.1, 0.15) is 38.3 Å². The van der Waals surface area contributed by atoms with Crippen LogP contribution in [0.15, 0.2) is 50.2 Å². The third-order valence-corrected chi connectivity index (χ3v) is 7.97. The molecule has 1 aliphatic heterocycles. The normalized spacial score (nSPS) is 20.1. The molecule has 1 unspecified atom stereocenters. The molecule has 1 heterocycles. The molecule has 1 atom stereocenters. The Morgan fingerprint density at radius 1 is 1.07 bits per heavy atom. The monoisotopic (exact) mass is 541 g/mol. The molecule has 1 aliphatic rings. The Balaban J connectivity index is 1.96. The second-order valence-electron chi connectivity index (χ2n) is 7.65. The Bertz CT molecular complexity index is 953. The summed E-state index contributed by atoms with van der Waals surface area (Å²) in [6.07, 6.45) is -4.83. The Morgan fingerprint density at radius 2 is 1.69 bits per heavy atom. The van der Waals surface area contributed by atoms with E-state index in [1.165, 1.54) is 18.2 Å². The maximum atomic E-state index is 14.2. The summed E-state index contributed by atoms with van der Waals surface area (Å²) in [6.45, 7) is 6.30. The Kier molecular flexibility index (Phi) is 6.68. The number of hydrogen-bond acceptors (Lipinski definition) is 3. The van der Waals surface area contributed by atoms with Crippen LogP contribution in [-0.2, 0) is 4.75 Å². The van der Waals surface area contributed by atoms with Crippen molar-refractivity contribution in [3.8, 4) is 0 Å². The summed E-state index contributed by atoms with van der Waals surface area (Å²) in [6, 6.07) is 9.59. The third kappa shape index (κ3) is 5.12. The minimum atomic E-state index is -4.53. The van der Waals surface area contributed by atoms with Crippen molar-refractivity contribution in [3.63, 3.8) is 0 Å². The van der Waals surface area contributed by atoms with Crippen LogP contribution >= 0.6 is 62.8 Å². The first-order chi connectivity index (χ1) is 13.3. The van der Waals surface area contributed by atoms with Crippen molar-refractivity contribution >= 4 is 68.6 Å². The average molecular weight is 543 g/mol. The van der Waals surface area contributed by atoms with Gasteiger partial charge in [0.2, 0.25) is 0 Å². The molecule has 0 bridgehead atoms. The number of hydrogen-bond donors (Lipinski definition) is 0. The van der Waals surface area contributed by atoms with Gasteiger partial charge in [0.1, 0.15) is 0 Å². The minimum absolute atomic E-state index is 0.00484. The molecule has 0 saturated carbocycles. The molecule has 156 valence electrons. The highest BCUT2D eigenvalue weighted by molar-refractivity contribution is 9.10. The topological polar surface area (TPSA) is 12.4 Å². The fourth-order valence-corrected chi connectivity index (χ4v) is 6.00. The summed E-state index contributed by atoms with van der Waals surface area (Å²) in [5.41, 5.74) is 1.04. The van der Waals surface area contributed by atoms with Gasteiger partial charge in [0.05, 0.1) is 5.71 Å². The van der Waals surface area contributed by atoms with Crippen molar-refractivity contribution in [1.29, 1.82) is 0 Å². The van der Waals surface area contributed by atoms with E-state index >= 15 is 0 Å². The zero-order valence-electron chi connectivity index (χ0n) is 15.7. The van der Waals surface area contributed by atoms with E-state index < -0.39 is 10.9 Å². The SMILES string of the molecule is CC(C)(C)Sc1ccc(C2=NSC(c3cc(Cl)cc(Cl)c3)(C(F)(F)F)C2)cc1Br. The lowest BCUT2D eigenvalue weighted by Crippen LogP contribution is -2.38. The molecule has 1 nitrogen and oxygen atoms in total. The van der Waals surface area contributed by atoms with E-state index in [4.69, 9.17) is 23.2 Å². The van der Waals surface area contributed by atoms with Gasteiger partial charge in [0.15, 0.2) is 4.75 Å². The molecule has 0 spiro atoms. The van der Waals surface area contributed by atoms with Crippen molar-refractivity contribution in [2.24, 2.45) is 4.40 Å². The van der Waals surface area contributed by atoms with Gasteiger partial charge in [-0.1, -0.05) is 50.0 Å². The van der Waals surface area contributed by atoms with E-state index in [9.17, 15) is 13.2 Å². The second-order valence-corrected chi connectivity index (χ2v) is 12.3. The van der Waals surface area contributed by atoms with Gasteiger partial charge in [0.25, 0.3) is 0 Å². The molecular formula is C20H17BrCl2F3NS2. The van der Waals surface area contributed by atoms with Gasteiger partial charge in [-0.3, -0.25) is 0 Å². The van der Waals surface area contributed by atoms with Gasteiger partial charge in [-0.25, -0.2) is 4.40 Å². The molecule has 2 aromatic rings. The maximum Gasteiger partial charge on any atom is 0.409 e. The Hall–Kier alpha value is -0.340. The minimum Gasteiger partial charge on any atom is -0.219 e. The summed E-state index contributed by atoms with van der Waals surface area (Å²) in [4.78, 5) is 1.02. The fourth-order valence-electron chi connectivity index (χ4n) is 2.94. The molecule has 0 amide bonds. The highest BCUT2D eigenvalue weighted by Gasteiger charge is 2.60. The van der Waals surface area contributed by atoms with Crippen LogP contribution in [0.25, 0.3) is 0 Å². The van der Waals surface area contributed by atoms with Crippen LogP contribution in [-0.4, -0.2) is 16.6 Å². The molecule has 0 radical (unpaired) electrons. The average Bonchev–Trinajstić information content (AvgIpc) is 3.01. The summed E-state index contributed by atoms with van der Waals surface area (Å²) < 4.78 is 45.4. The van der Waals surface area contributed by atoms with Crippen LogP contribution in [0.2, 0.25) is 10.0 Å². The van der Waals surface area contributed by atoms with E-state index in [1.54, 1.807) is 11.8 Å². The van der Waals surface area contributed by atoms with Crippen LogP contribution in [0, 0.1) is 0 Å². The first-order valence-electron chi connectivity index (χ1n) is 8.58. The first kappa shape index (κ1) is 23.3. The third-order valence-electron chi connectivity index (χ3n) is 4.20. The quantitative estimate of drug-likeness (QED) is 0.283. The zero-order chi connectivity index (χ0) is 21.6. The van der Waals surface area contributed by atoms with Crippen LogP contribution in [0.5, 0.6) is 0 Å². The molecular weight excluding hydrogens is 526 g/mol. The Labute approximate surface area is 195 Å². The van der Waals surface area contributed by atoms with Gasteiger partial charge in [-0.05, 0) is 69.3 Å². The molecule has 0 aliphatic carbocycles. The number of rotatable bonds is 3. The lowest BCUT2D eigenvalue weighted by Gasteiger charge is -2.30. The molecule has 3 rings (SSSR count). The van der Waals surface area contributed by atoms with Crippen LogP contribution in [0.4, 0.5) is 13.2 Å². The van der Waals surface area contributed by atoms with Crippen LogP contribution < -0.4 is 0 Å². The fraction of sp³-hybridized carbons (Fsp3) is 0.350. The maximum absolute atomic E-state index is 14.2. The smallest absolute Gasteiger partial charge is 0.219 e. The van der Waals surface area contributed by atoms with E-state index in [1.807, 2.05) is 18.2 Å². The second kappa shape index (κ2) is 8.30. The van der Waals surface area contributed by atoms with E-state index in [-0.39, 0.29) is 26.8 Å². The van der Waals surface area contributed by atoms with Crippen molar-refractivity contribution in [1.82, 2.24) is 0 Å². The van der Waals surface area contributed by atoms with Crippen molar-refractivity contribution < 1.29 is 13.2 Å². The predicted octanol–water partition coefficient (Wildman–Crippen LogP) is 8.95. The van der Waals surface area contributed by atoms with Gasteiger partial charge in [-0.15, -0.1) is 11.8 Å². The van der Waals surface area contributed by atoms with E-state index in [0.29, 0.717) is 23.2 Å². The largest absolute Gasteiger partial charge is 0.409 e. The number of benzene rings is 2. The predicted molar refractivity (Wildman–Crippen MR) is 123 cm³/mol. The lowest BCUT2D eigenvalue weighted by atomic mass is 9.89. The zero-order valence-corrected chi connectivity index (χ0v) is 20.4. The molecule has 29 heavy (non-hydrogen) atoms. The summed E-state index contributed by atoms with van der Waals surface area (Å²) in [5.74, 6) is 0. The summed E-state index contributed by atoms with van der Waals surface area (Å²) in [7, 11) is 0. The van der Waals surface area contributed by atoms with Crippen molar-refractivity contribution in [2.75, 3.05) is 0 Å². The summed E-state index contributed by atoms with van der Waals surface area (Å²) in [5, 5.41) is 0.327. The molecule has 0 N–H and O–H groups in total. The number of nitrogens with zero attached hydrogens (tertiary/aromatic N) is 1. The highest BCUT2D eigenvalue weighted by Crippen LogP contribution is 2.57. The van der Waals surface area contributed by atoms with E-state index in [2.05, 4.69) is 41.1 Å².